The number of benzene rings is 4. The quantitative estimate of drug-likeness (QED) is 0.318. The van der Waals surface area contributed by atoms with Crippen LogP contribution in [0.15, 0.2) is 96.1 Å². The Morgan fingerprint density at radius 1 is 0.900 bits per heavy atom. The van der Waals surface area contributed by atoms with Gasteiger partial charge in [0.15, 0.2) is 0 Å². The molecule has 0 atom stereocenters. The maximum atomic E-state index is 12.0. The standard InChI is InChI=1S/C25H19ClN2O2/c26-22-12-10-20(11-13-22)25(29)28-27-16-18-8-14-23(15-9-18)30-17-21-6-3-5-19-4-1-2-7-24(19)21/h1-16H,17H2,(H,28,29)/b27-16-. The minimum absolute atomic E-state index is 0.294. The fourth-order valence-corrected chi connectivity index (χ4v) is 3.19. The molecule has 30 heavy (non-hydrogen) atoms. The molecule has 0 radical (unpaired) electrons. The summed E-state index contributed by atoms with van der Waals surface area (Å²) in [5, 5.41) is 6.98. The van der Waals surface area contributed by atoms with Gasteiger partial charge in [-0.15, -0.1) is 0 Å². The number of carbonyl (C=O) groups excluding carboxylic acids is 1. The summed E-state index contributed by atoms with van der Waals surface area (Å²) in [4.78, 5) is 12.0. The molecule has 0 saturated heterocycles. The van der Waals surface area contributed by atoms with E-state index < -0.39 is 0 Å². The van der Waals surface area contributed by atoms with Crippen LogP contribution in [0.4, 0.5) is 0 Å². The van der Waals surface area contributed by atoms with Crippen molar-refractivity contribution in [2.45, 2.75) is 6.61 Å². The summed E-state index contributed by atoms with van der Waals surface area (Å²) in [6.45, 7) is 0.492. The molecule has 0 aliphatic carbocycles. The first-order valence-corrected chi connectivity index (χ1v) is 9.85. The van der Waals surface area contributed by atoms with Crippen LogP contribution in [0.1, 0.15) is 21.5 Å². The Balaban J connectivity index is 1.34. The van der Waals surface area contributed by atoms with E-state index in [4.69, 9.17) is 16.3 Å². The minimum Gasteiger partial charge on any atom is -0.489 e. The third-order valence-corrected chi connectivity index (χ3v) is 4.89. The summed E-state index contributed by atoms with van der Waals surface area (Å²) in [7, 11) is 0. The van der Waals surface area contributed by atoms with Crippen LogP contribution in [0.3, 0.4) is 0 Å². The molecule has 0 bridgehead atoms. The van der Waals surface area contributed by atoms with Crippen LogP contribution in [0.5, 0.6) is 5.75 Å². The number of ether oxygens (including phenoxy) is 1. The van der Waals surface area contributed by atoms with Gasteiger partial charge in [-0.3, -0.25) is 4.79 Å². The van der Waals surface area contributed by atoms with Gasteiger partial charge in [-0.2, -0.15) is 5.10 Å². The van der Waals surface area contributed by atoms with Gasteiger partial charge in [-0.25, -0.2) is 5.43 Å². The Kier molecular flexibility index (Phi) is 6.06. The molecule has 1 amide bonds. The van der Waals surface area contributed by atoms with Gasteiger partial charge in [0.05, 0.1) is 6.21 Å². The SMILES string of the molecule is O=C(N/N=C\c1ccc(OCc2cccc3ccccc23)cc1)c1ccc(Cl)cc1. The van der Waals surface area contributed by atoms with E-state index in [0.29, 0.717) is 17.2 Å². The van der Waals surface area contributed by atoms with Crippen LogP contribution in [-0.2, 0) is 6.61 Å². The first-order chi connectivity index (χ1) is 14.7. The van der Waals surface area contributed by atoms with Crippen LogP contribution in [0.2, 0.25) is 5.02 Å². The lowest BCUT2D eigenvalue weighted by Crippen LogP contribution is -2.17. The molecule has 0 saturated carbocycles. The third kappa shape index (κ3) is 4.85. The van der Waals surface area contributed by atoms with Crippen LogP contribution in [0.25, 0.3) is 10.8 Å². The molecule has 0 fully saturated rings. The Morgan fingerprint density at radius 2 is 1.63 bits per heavy atom. The zero-order chi connectivity index (χ0) is 20.8. The molecule has 148 valence electrons. The third-order valence-electron chi connectivity index (χ3n) is 4.64. The molecule has 4 rings (SSSR count). The Labute approximate surface area is 179 Å². The van der Waals surface area contributed by atoms with Gasteiger partial charge in [0.2, 0.25) is 0 Å². The molecular weight excluding hydrogens is 396 g/mol. The molecule has 0 unspecified atom stereocenters. The molecular formula is C25H19ClN2O2. The highest BCUT2D eigenvalue weighted by atomic mass is 35.5. The van der Waals surface area contributed by atoms with Crippen molar-refractivity contribution < 1.29 is 9.53 Å². The maximum absolute atomic E-state index is 12.0. The van der Waals surface area contributed by atoms with E-state index in [1.807, 2.05) is 42.5 Å². The van der Waals surface area contributed by atoms with E-state index in [1.54, 1.807) is 30.5 Å². The number of amides is 1. The lowest BCUT2D eigenvalue weighted by Gasteiger charge is -2.09. The van der Waals surface area contributed by atoms with Gasteiger partial charge in [0, 0.05) is 10.6 Å². The van der Waals surface area contributed by atoms with Crippen molar-refractivity contribution in [3.05, 3.63) is 113 Å². The second-order valence-electron chi connectivity index (χ2n) is 6.70. The Bertz CT molecular complexity index is 1180. The van der Waals surface area contributed by atoms with Gasteiger partial charge in [0.1, 0.15) is 12.4 Å². The highest BCUT2D eigenvalue weighted by Gasteiger charge is 2.04. The summed E-state index contributed by atoms with van der Waals surface area (Å²) >= 11 is 5.82. The molecule has 0 aromatic heterocycles. The number of hydrogen-bond donors (Lipinski definition) is 1. The molecule has 0 aliphatic heterocycles. The van der Waals surface area contributed by atoms with Crippen LogP contribution in [0, 0.1) is 0 Å². The molecule has 4 aromatic rings. The largest absolute Gasteiger partial charge is 0.489 e. The predicted octanol–water partition coefficient (Wildman–Crippen LogP) is 5.84. The number of carbonyl (C=O) groups is 1. The normalized spacial score (nSPS) is 11.0. The fraction of sp³-hybridized carbons (Fsp3) is 0.0400. The van der Waals surface area contributed by atoms with Crippen molar-refractivity contribution >= 4 is 34.5 Å². The van der Waals surface area contributed by atoms with Gasteiger partial charge < -0.3 is 4.74 Å². The zero-order valence-corrected chi connectivity index (χ0v) is 16.8. The summed E-state index contributed by atoms with van der Waals surface area (Å²) in [5.41, 5.74) is 4.99. The van der Waals surface area contributed by atoms with E-state index in [2.05, 4.69) is 34.8 Å². The number of halogens is 1. The number of fused-ring (bicyclic) bond motifs is 1. The topological polar surface area (TPSA) is 50.7 Å². The van der Waals surface area contributed by atoms with E-state index in [-0.39, 0.29) is 5.91 Å². The number of rotatable bonds is 6. The van der Waals surface area contributed by atoms with E-state index in [0.717, 1.165) is 16.9 Å². The lowest BCUT2D eigenvalue weighted by molar-refractivity contribution is 0.0955. The zero-order valence-electron chi connectivity index (χ0n) is 16.1. The summed E-state index contributed by atoms with van der Waals surface area (Å²) in [6.07, 6.45) is 1.59. The average Bonchev–Trinajstić information content (AvgIpc) is 2.79. The average molecular weight is 415 g/mol. The van der Waals surface area contributed by atoms with Gasteiger partial charge in [0.25, 0.3) is 5.91 Å². The number of nitrogens with zero attached hydrogens (tertiary/aromatic N) is 1. The summed E-state index contributed by atoms with van der Waals surface area (Å²) in [5.74, 6) is 0.475. The van der Waals surface area contributed by atoms with Crippen molar-refractivity contribution in [3.63, 3.8) is 0 Å². The smallest absolute Gasteiger partial charge is 0.271 e. The highest BCUT2D eigenvalue weighted by molar-refractivity contribution is 6.30. The van der Waals surface area contributed by atoms with Crippen LogP contribution >= 0.6 is 11.6 Å². The molecule has 5 heteroatoms. The Morgan fingerprint density at radius 3 is 2.43 bits per heavy atom. The van der Waals surface area contributed by atoms with E-state index in [1.165, 1.54) is 10.8 Å². The first kappa shape index (κ1) is 19.7. The van der Waals surface area contributed by atoms with Gasteiger partial charge in [-0.05, 0) is 70.4 Å². The second-order valence-corrected chi connectivity index (χ2v) is 7.14. The number of nitrogens with one attached hydrogen (secondary N) is 1. The van der Waals surface area contributed by atoms with E-state index >= 15 is 0 Å². The van der Waals surface area contributed by atoms with E-state index in [9.17, 15) is 4.79 Å². The molecule has 1 N–H and O–H groups in total. The molecule has 0 aliphatic rings. The van der Waals surface area contributed by atoms with Crippen LogP contribution in [-0.4, -0.2) is 12.1 Å². The van der Waals surface area contributed by atoms with Crippen molar-refractivity contribution in [3.8, 4) is 5.75 Å². The van der Waals surface area contributed by atoms with Crippen molar-refractivity contribution in [1.29, 1.82) is 0 Å². The molecule has 4 aromatic carbocycles. The van der Waals surface area contributed by atoms with Gasteiger partial charge in [-0.1, -0.05) is 54.1 Å². The Hall–Kier alpha value is -3.63. The van der Waals surface area contributed by atoms with Crippen molar-refractivity contribution in [2.75, 3.05) is 0 Å². The van der Waals surface area contributed by atoms with Gasteiger partial charge >= 0.3 is 0 Å². The molecule has 0 spiro atoms. The lowest BCUT2D eigenvalue weighted by atomic mass is 10.1. The highest BCUT2D eigenvalue weighted by Crippen LogP contribution is 2.21. The molecule has 0 heterocycles. The number of hydrazone groups is 1. The monoisotopic (exact) mass is 414 g/mol. The minimum atomic E-state index is -0.294. The molecule has 4 nitrogen and oxygen atoms in total. The predicted molar refractivity (Wildman–Crippen MR) is 121 cm³/mol. The van der Waals surface area contributed by atoms with Crippen molar-refractivity contribution in [1.82, 2.24) is 5.43 Å². The summed E-state index contributed by atoms with van der Waals surface area (Å²) < 4.78 is 5.94. The van der Waals surface area contributed by atoms with Crippen LogP contribution < -0.4 is 10.2 Å². The fourth-order valence-electron chi connectivity index (χ4n) is 3.06. The first-order valence-electron chi connectivity index (χ1n) is 9.47. The van der Waals surface area contributed by atoms with Crippen molar-refractivity contribution in [2.24, 2.45) is 5.10 Å². The summed E-state index contributed by atoms with van der Waals surface area (Å²) in [6, 6.07) is 28.6. The maximum Gasteiger partial charge on any atom is 0.271 e. The number of hydrogen-bond acceptors (Lipinski definition) is 3. The second kappa shape index (κ2) is 9.25.